The van der Waals surface area contributed by atoms with E-state index in [1.807, 2.05) is 32.0 Å². The number of aryl methyl sites for hydroxylation is 2. The molecule has 15 heavy (non-hydrogen) atoms. The first kappa shape index (κ1) is 11.7. The molecule has 0 radical (unpaired) electrons. The van der Waals surface area contributed by atoms with Crippen LogP contribution in [0.15, 0.2) is 18.2 Å². The van der Waals surface area contributed by atoms with Crippen LogP contribution in [0.1, 0.15) is 16.7 Å². The lowest BCUT2D eigenvalue weighted by atomic mass is 10.0. The van der Waals surface area contributed by atoms with Crippen LogP contribution in [-0.2, 0) is 16.2 Å². The van der Waals surface area contributed by atoms with Gasteiger partial charge in [-0.05, 0) is 30.5 Å². The molecule has 0 atom stereocenters. The lowest BCUT2D eigenvalue weighted by molar-refractivity contribution is -0.125. The van der Waals surface area contributed by atoms with Crippen LogP contribution >= 0.6 is 0 Å². The molecule has 0 heterocycles. The number of nitrogens with two attached hydrogens (primary N) is 1. The Morgan fingerprint density at radius 1 is 1.40 bits per heavy atom. The number of rotatable bonds is 5. The van der Waals surface area contributed by atoms with E-state index in [9.17, 15) is 4.79 Å². The predicted octanol–water partition coefficient (Wildman–Crippen LogP) is 0.810. The second-order valence-corrected chi connectivity index (χ2v) is 3.45. The lowest BCUT2D eigenvalue weighted by Crippen LogP contribution is -2.25. The Bertz CT molecular complexity index is 330. The van der Waals surface area contributed by atoms with E-state index in [4.69, 9.17) is 10.6 Å². The zero-order valence-corrected chi connectivity index (χ0v) is 9.04. The zero-order chi connectivity index (χ0) is 11.3. The molecule has 4 heteroatoms. The maximum atomic E-state index is 10.4. The number of benzene rings is 1. The van der Waals surface area contributed by atoms with Crippen LogP contribution in [0.2, 0.25) is 0 Å². The van der Waals surface area contributed by atoms with Crippen molar-refractivity contribution in [3.05, 3.63) is 34.9 Å². The summed E-state index contributed by atoms with van der Waals surface area (Å²) in [6, 6.07) is 6.09. The molecule has 0 saturated heterocycles. The first-order valence-electron chi connectivity index (χ1n) is 4.79. The molecule has 0 aliphatic rings. The summed E-state index contributed by atoms with van der Waals surface area (Å²) < 4.78 is 0. The van der Waals surface area contributed by atoms with Crippen LogP contribution in [0.25, 0.3) is 0 Å². The highest BCUT2D eigenvalue weighted by Crippen LogP contribution is 2.12. The summed E-state index contributed by atoms with van der Waals surface area (Å²) in [5.41, 5.74) is 11.2. The molecule has 1 aromatic carbocycles. The fourth-order valence-electron chi connectivity index (χ4n) is 1.37. The third kappa shape index (κ3) is 3.69. The molecule has 0 aliphatic heterocycles. The summed E-state index contributed by atoms with van der Waals surface area (Å²) in [7, 11) is 0. The number of carbonyl (C=O) groups is 1. The van der Waals surface area contributed by atoms with E-state index < -0.39 is 5.91 Å². The average Bonchev–Trinajstić information content (AvgIpc) is 2.15. The molecular formula is C11H16N2O2. The van der Waals surface area contributed by atoms with Gasteiger partial charge in [0, 0.05) is 6.54 Å². The molecule has 0 aliphatic carbocycles. The number of nitrogens with one attached hydrogen (secondary N) is 1. The molecule has 1 rings (SSSR count). The summed E-state index contributed by atoms with van der Waals surface area (Å²) in [5.74, 6) is -0.482. The van der Waals surface area contributed by atoms with Gasteiger partial charge >= 0.3 is 0 Å². The van der Waals surface area contributed by atoms with Gasteiger partial charge in [0.1, 0.15) is 6.61 Å². The van der Waals surface area contributed by atoms with E-state index in [-0.39, 0.29) is 6.61 Å². The summed E-state index contributed by atoms with van der Waals surface area (Å²) in [6.07, 6.45) is 0. The van der Waals surface area contributed by atoms with Gasteiger partial charge in [0.05, 0.1) is 0 Å². The summed E-state index contributed by atoms with van der Waals surface area (Å²) >= 11 is 0. The van der Waals surface area contributed by atoms with Crippen molar-refractivity contribution in [2.75, 3.05) is 6.61 Å². The Morgan fingerprint density at radius 2 is 2.00 bits per heavy atom. The third-order valence-electron chi connectivity index (χ3n) is 2.21. The lowest BCUT2D eigenvalue weighted by Gasteiger charge is -2.10. The van der Waals surface area contributed by atoms with Gasteiger partial charge < -0.3 is 5.73 Å². The Kier molecular flexibility index (Phi) is 4.27. The third-order valence-corrected chi connectivity index (χ3v) is 2.21. The van der Waals surface area contributed by atoms with Crippen molar-refractivity contribution >= 4 is 5.91 Å². The van der Waals surface area contributed by atoms with Crippen molar-refractivity contribution in [2.45, 2.75) is 20.4 Å². The second kappa shape index (κ2) is 5.48. The maximum Gasteiger partial charge on any atom is 0.245 e. The van der Waals surface area contributed by atoms with E-state index in [1.54, 1.807) is 0 Å². The fourth-order valence-corrected chi connectivity index (χ4v) is 1.37. The first-order valence-corrected chi connectivity index (χ1v) is 4.79. The monoisotopic (exact) mass is 208 g/mol. The molecule has 0 fully saturated rings. The van der Waals surface area contributed by atoms with Crippen molar-refractivity contribution in [1.82, 2.24) is 5.48 Å². The topological polar surface area (TPSA) is 64.3 Å². The normalized spacial score (nSPS) is 10.3. The Balaban J connectivity index is 2.47. The predicted molar refractivity (Wildman–Crippen MR) is 57.9 cm³/mol. The Morgan fingerprint density at radius 3 is 2.53 bits per heavy atom. The van der Waals surface area contributed by atoms with Crippen LogP contribution in [0.5, 0.6) is 0 Å². The average molecular weight is 208 g/mol. The number of hydrogen-bond donors (Lipinski definition) is 2. The van der Waals surface area contributed by atoms with Crippen LogP contribution in [-0.4, -0.2) is 12.5 Å². The Labute approximate surface area is 89.4 Å². The Hall–Kier alpha value is -1.39. The number of primary amides is 1. The van der Waals surface area contributed by atoms with Crippen LogP contribution < -0.4 is 11.2 Å². The minimum Gasteiger partial charge on any atom is -0.368 e. The van der Waals surface area contributed by atoms with Gasteiger partial charge in [-0.3, -0.25) is 9.63 Å². The number of carbonyl (C=O) groups excluding carboxylic acids is 1. The van der Waals surface area contributed by atoms with Gasteiger partial charge in [0.15, 0.2) is 0 Å². The quantitative estimate of drug-likeness (QED) is 0.556. The second-order valence-electron chi connectivity index (χ2n) is 3.45. The number of hydroxylamine groups is 1. The molecule has 0 saturated carbocycles. The van der Waals surface area contributed by atoms with E-state index >= 15 is 0 Å². The molecular weight excluding hydrogens is 192 g/mol. The molecule has 1 amide bonds. The standard InChI is InChI=1S/C11H16N2O2/c1-8-4-3-5-9(2)10(8)6-13-15-7-11(12)14/h3-5,13H,6-7H2,1-2H3,(H2,12,14). The van der Waals surface area contributed by atoms with Gasteiger partial charge in [0.25, 0.3) is 0 Å². The molecule has 3 N–H and O–H groups in total. The molecule has 0 unspecified atom stereocenters. The molecule has 0 spiro atoms. The van der Waals surface area contributed by atoms with Gasteiger partial charge in [-0.2, -0.15) is 5.48 Å². The zero-order valence-electron chi connectivity index (χ0n) is 9.04. The first-order chi connectivity index (χ1) is 7.11. The van der Waals surface area contributed by atoms with Crippen molar-refractivity contribution < 1.29 is 9.63 Å². The smallest absolute Gasteiger partial charge is 0.245 e. The molecule has 4 nitrogen and oxygen atoms in total. The molecule has 0 bridgehead atoms. The molecule has 0 aromatic heterocycles. The number of hydrogen-bond acceptors (Lipinski definition) is 3. The van der Waals surface area contributed by atoms with E-state index in [2.05, 4.69) is 5.48 Å². The van der Waals surface area contributed by atoms with Crippen LogP contribution in [0.3, 0.4) is 0 Å². The van der Waals surface area contributed by atoms with Gasteiger partial charge in [-0.25, -0.2) is 0 Å². The van der Waals surface area contributed by atoms with Crippen molar-refractivity contribution in [2.24, 2.45) is 5.73 Å². The highest BCUT2D eigenvalue weighted by Gasteiger charge is 2.01. The maximum absolute atomic E-state index is 10.4. The molecule has 1 aromatic rings. The largest absolute Gasteiger partial charge is 0.368 e. The van der Waals surface area contributed by atoms with E-state index in [0.29, 0.717) is 6.54 Å². The van der Waals surface area contributed by atoms with Gasteiger partial charge in [-0.15, -0.1) is 0 Å². The SMILES string of the molecule is Cc1cccc(C)c1CNOCC(N)=O. The van der Waals surface area contributed by atoms with Gasteiger partial charge in [0.2, 0.25) is 5.91 Å². The summed E-state index contributed by atoms with van der Waals surface area (Å²) in [4.78, 5) is 15.3. The fraction of sp³-hybridized carbons (Fsp3) is 0.364. The number of amides is 1. The molecule has 82 valence electrons. The van der Waals surface area contributed by atoms with Crippen LogP contribution in [0, 0.1) is 13.8 Å². The summed E-state index contributed by atoms with van der Waals surface area (Å²) in [5, 5.41) is 0. The highest BCUT2D eigenvalue weighted by atomic mass is 16.6. The minimum atomic E-state index is -0.482. The van der Waals surface area contributed by atoms with Crippen LogP contribution in [0.4, 0.5) is 0 Å². The van der Waals surface area contributed by atoms with Crippen molar-refractivity contribution in [1.29, 1.82) is 0 Å². The highest BCUT2D eigenvalue weighted by molar-refractivity contribution is 5.74. The van der Waals surface area contributed by atoms with Crippen molar-refractivity contribution in [3.63, 3.8) is 0 Å². The van der Waals surface area contributed by atoms with Gasteiger partial charge in [-0.1, -0.05) is 18.2 Å². The van der Waals surface area contributed by atoms with Crippen molar-refractivity contribution in [3.8, 4) is 0 Å². The minimum absolute atomic E-state index is 0.106. The van der Waals surface area contributed by atoms with E-state index in [1.165, 1.54) is 16.7 Å². The summed E-state index contributed by atoms with van der Waals surface area (Å²) in [6.45, 7) is 4.55. The van der Waals surface area contributed by atoms with E-state index in [0.717, 1.165) is 0 Å².